The zero-order valence-electron chi connectivity index (χ0n) is 15.5. The minimum Gasteiger partial charge on any atom is -0.376 e. The number of para-hydroxylation sites is 1. The Morgan fingerprint density at radius 1 is 1.11 bits per heavy atom. The van der Waals surface area contributed by atoms with Crippen LogP contribution in [0.15, 0.2) is 66.0 Å². The summed E-state index contributed by atoms with van der Waals surface area (Å²) in [7, 11) is 0. The Hall–Kier alpha value is -2.15. The van der Waals surface area contributed by atoms with Crippen LogP contribution in [0, 0.1) is 0 Å². The molecule has 0 spiro atoms. The fraction of sp³-hybridized carbons (Fsp3) is 0.273. The molecule has 28 heavy (non-hydrogen) atoms. The summed E-state index contributed by atoms with van der Waals surface area (Å²) in [5.41, 5.74) is 3.43. The van der Waals surface area contributed by atoms with Crippen molar-refractivity contribution in [2.45, 2.75) is 36.4 Å². The van der Waals surface area contributed by atoms with Crippen LogP contribution in [0.5, 0.6) is 0 Å². The Kier molecular flexibility index (Phi) is 5.16. The molecule has 4 nitrogen and oxygen atoms in total. The zero-order valence-corrected chi connectivity index (χ0v) is 17.1. The van der Waals surface area contributed by atoms with E-state index in [1.54, 1.807) is 23.1 Å². The van der Waals surface area contributed by atoms with Gasteiger partial charge in [0.15, 0.2) is 5.16 Å². The Bertz CT molecular complexity index is 1030. The molecule has 1 fully saturated rings. The number of hydrogen-bond acceptors (Lipinski definition) is 5. The van der Waals surface area contributed by atoms with Crippen molar-refractivity contribution in [1.29, 1.82) is 0 Å². The standard InChI is InChI=1S/C22H21N3OS2/c1-2-7-16(8-3-1)19-13-23-22(25(19)14-17-9-6-12-26-17)27-15-21-24-18-10-4-5-11-20(18)28-21/h1-5,7-8,10-11,13,17H,6,9,12,14-15H2. The van der Waals surface area contributed by atoms with E-state index >= 15 is 0 Å². The number of hydrogen-bond donors (Lipinski definition) is 0. The molecular weight excluding hydrogens is 386 g/mol. The minimum absolute atomic E-state index is 0.276. The minimum atomic E-state index is 0.276. The molecule has 1 aliphatic rings. The lowest BCUT2D eigenvalue weighted by Crippen LogP contribution is -2.16. The molecule has 0 aliphatic carbocycles. The average molecular weight is 408 g/mol. The highest BCUT2D eigenvalue weighted by Gasteiger charge is 2.21. The number of aromatic nitrogens is 3. The third-order valence-corrected chi connectivity index (χ3v) is 7.18. The van der Waals surface area contributed by atoms with Crippen molar-refractivity contribution in [2.24, 2.45) is 0 Å². The summed E-state index contributed by atoms with van der Waals surface area (Å²) in [6, 6.07) is 18.8. The molecule has 0 radical (unpaired) electrons. The second-order valence-corrected chi connectivity index (χ2v) is 8.96. The highest BCUT2D eigenvalue weighted by atomic mass is 32.2. The average Bonchev–Trinajstić information content (AvgIpc) is 3.47. The SMILES string of the molecule is c1ccc(-c2cnc(SCc3nc4ccccc4s3)n2CC2CCCO2)cc1. The number of benzene rings is 2. The summed E-state index contributed by atoms with van der Waals surface area (Å²) >= 11 is 3.52. The predicted molar refractivity (Wildman–Crippen MR) is 116 cm³/mol. The summed E-state index contributed by atoms with van der Waals surface area (Å²) in [4.78, 5) is 9.51. The number of rotatable bonds is 6. The Balaban J connectivity index is 1.41. The van der Waals surface area contributed by atoms with Crippen molar-refractivity contribution < 1.29 is 4.74 Å². The first-order valence-electron chi connectivity index (χ1n) is 9.56. The van der Waals surface area contributed by atoms with Gasteiger partial charge in [0.2, 0.25) is 0 Å². The molecule has 2 aromatic carbocycles. The van der Waals surface area contributed by atoms with Gasteiger partial charge in [-0.3, -0.25) is 0 Å². The molecule has 0 bridgehead atoms. The lowest BCUT2D eigenvalue weighted by Gasteiger charge is -2.16. The van der Waals surface area contributed by atoms with E-state index < -0.39 is 0 Å². The molecule has 0 N–H and O–H groups in total. The van der Waals surface area contributed by atoms with Gasteiger partial charge in [0.05, 0.1) is 40.5 Å². The number of thiazole rings is 1. The lowest BCUT2D eigenvalue weighted by atomic mass is 10.1. The first kappa shape index (κ1) is 17.9. The van der Waals surface area contributed by atoms with Crippen LogP contribution >= 0.6 is 23.1 Å². The van der Waals surface area contributed by atoms with E-state index in [9.17, 15) is 0 Å². The molecule has 1 aliphatic heterocycles. The first-order chi connectivity index (χ1) is 13.9. The van der Waals surface area contributed by atoms with Gasteiger partial charge >= 0.3 is 0 Å². The second-order valence-electron chi connectivity index (χ2n) is 6.90. The molecule has 142 valence electrons. The normalized spacial score (nSPS) is 16.8. The predicted octanol–water partition coefficient (Wildman–Crippen LogP) is 5.63. The first-order valence-corrected chi connectivity index (χ1v) is 11.4. The van der Waals surface area contributed by atoms with Crippen LogP contribution in [0.4, 0.5) is 0 Å². The topological polar surface area (TPSA) is 39.9 Å². The molecular formula is C22H21N3OS2. The number of imidazole rings is 1. The molecule has 1 saturated heterocycles. The molecule has 0 amide bonds. The van der Waals surface area contributed by atoms with E-state index in [1.807, 2.05) is 18.3 Å². The van der Waals surface area contributed by atoms with Gasteiger partial charge in [-0.2, -0.15) is 0 Å². The lowest BCUT2D eigenvalue weighted by molar-refractivity contribution is 0.0954. The molecule has 0 saturated carbocycles. The summed E-state index contributed by atoms with van der Waals surface area (Å²) in [6.07, 6.45) is 4.53. The molecule has 5 rings (SSSR count). The Morgan fingerprint density at radius 3 is 2.79 bits per heavy atom. The van der Waals surface area contributed by atoms with Gasteiger partial charge in [-0.1, -0.05) is 54.2 Å². The maximum absolute atomic E-state index is 5.91. The monoisotopic (exact) mass is 407 g/mol. The van der Waals surface area contributed by atoms with Gasteiger partial charge < -0.3 is 9.30 Å². The molecule has 4 aromatic rings. The largest absolute Gasteiger partial charge is 0.376 e. The smallest absolute Gasteiger partial charge is 0.168 e. The quantitative estimate of drug-likeness (QED) is 0.388. The zero-order chi connectivity index (χ0) is 18.8. The maximum atomic E-state index is 5.91. The van der Waals surface area contributed by atoms with Crippen molar-refractivity contribution in [2.75, 3.05) is 6.61 Å². The summed E-state index contributed by atoms with van der Waals surface area (Å²) in [5, 5.41) is 2.17. The van der Waals surface area contributed by atoms with Gasteiger partial charge in [-0.25, -0.2) is 9.97 Å². The van der Waals surface area contributed by atoms with Crippen LogP contribution in [-0.4, -0.2) is 27.2 Å². The van der Waals surface area contributed by atoms with Gasteiger partial charge in [-0.05, 0) is 30.5 Å². The van der Waals surface area contributed by atoms with Crippen molar-refractivity contribution in [3.63, 3.8) is 0 Å². The summed E-state index contributed by atoms with van der Waals surface area (Å²) < 4.78 is 9.47. The summed E-state index contributed by atoms with van der Waals surface area (Å²) in [6.45, 7) is 1.72. The Morgan fingerprint density at radius 2 is 1.96 bits per heavy atom. The fourth-order valence-electron chi connectivity index (χ4n) is 3.59. The number of nitrogens with zero attached hydrogens (tertiary/aromatic N) is 3. The van der Waals surface area contributed by atoms with Crippen molar-refractivity contribution in [1.82, 2.24) is 14.5 Å². The molecule has 2 aromatic heterocycles. The van der Waals surface area contributed by atoms with E-state index in [-0.39, 0.29) is 6.10 Å². The fourth-order valence-corrected chi connectivity index (χ4v) is 5.54. The van der Waals surface area contributed by atoms with E-state index in [0.29, 0.717) is 0 Å². The molecule has 1 unspecified atom stereocenters. The van der Waals surface area contributed by atoms with E-state index in [4.69, 9.17) is 14.7 Å². The van der Waals surface area contributed by atoms with Crippen LogP contribution in [0.2, 0.25) is 0 Å². The maximum Gasteiger partial charge on any atom is 0.168 e. The van der Waals surface area contributed by atoms with E-state index in [1.165, 1.54) is 10.3 Å². The number of fused-ring (bicyclic) bond motifs is 1. The van der Waals surface area contributed by atoms with Crippen LogP contribution in [0.3, 0.4) is 0 Å². The van der Waals surface area contributed by atoms with Crippen LogP contribution < -0.4 is 0 Å². The third kappa shape index (κ3) is 3.72. The molecule has 6 heteroatoms. The Labute approximate surface area is 172 Å². The molecule has 3 heterocycles. The van der Waals surface area contributed by atoms with Crippen molar-refractivity contribution >= 4 is 33.3 Å². The summed E-state index contributed by atoms with van der Waals surface area (Å²) in [5.74, 6) is 0.829. The van der Waals surface area contributed by atoms with Gasteiger partial charge in [0.1, 0.15) is 5.01 Å². The van der Waals surface area contributed by atoms with E-state index in [0.717, 1.165) is 53.1 Å². The number of ether oxygens (including phenoxy) is 1. The van der Waals surface area contributed by atoms with Crippen LogP contribution in [0.25, 0.3) is 21.5 Å². The molecule has 1 atom stereocenters. The highest BCUT2D eigenvalue weighted by Crippen LogP contribution is 2.32. The number of thioether (sulfide) groups is 1. The second kappa shape index (κ2) is 8.07. The van der Waals surface area contributed by atoms with Gasteiger partial charge in [0, 0.05) is 6.61 Å². The van der Waals surface area contributed by atoms with Gasteiger partial charge in [0.25, 0.3) is 0 Å². The third-order valence-electron chi connectivity index (χ3n) is 4.96. The van der Waals surface area contributed by atoms with E-state index in [2.05, 4.69) is 47.0 Å². The van der Waals surface area contributed by atoms with Crippen molar-refractivity contribution in [3.05, 3.63) is 65.8 Å². The highest BCUT2D eigenvalue weighted by molar-refractivity contribution is 7.98. The van der Waals surface area contributed by atoms with Crippen molar-refractivity contribution in [3.8, 4) is 11.3 Å². The van der Waals surface area contributed by atoms with Gasteiger partial charge in [-0.15, -0.1) is 11.3 Å². The van der Waals surface area contributed by atoms with Crippen LogP contribution in [0.1, 0.15) is 17.8 Å². The van der Waals surface area contributed by atoms with Crippen LogP contribution in [-0.2, 0) is 17.0 Å².